The number of benzene rings is 2. The fourth-order valence-electron chi connectivity index (χ4n) is 3.92. The van der Waals surface area contributed by atoms with E-state index in [-0.39, 0.29) is 36.4 Å². The highest BCUT2D eigenvalue weighted by Crippen LogP contribution is 2.23. The van der Waals surface area contributed by atoms with E-state index in [2.05, 4.69) is 25.9 Å². The van der Waals surface area contributed by atoms with Crippen LogP contribution in [0.5, 0.6) is 0 Å². The van der Waals surface area contributed by atoms with Gasteiger partial charge in [-0.2, -0.15) is 10.1 Å². The second-order valence-electron chi connectivity index (χ2n) is 9.88. The van der Waals surface area contributed by atoms with Crippen molar-refractivity contribution in [1.29, 1.82) is 0 Å². The second-order valence-corrected chi connectivity index (χ2v) is 9.88. The predicted octanol–water partition coefficient (Wildman–Crippen LogP) is 3.24. The van der Waals surface area contributed by atoms with E-state index in [1.54, 1.807) is 35.9 Å². The SMILES string of the molecule is CCOC(=O)c1nc(CNC(=O)C(NC(=O)c2nn(Cc3ccc(F)cc3)c3ccccc23)C(C)(C)C)no1. The highest BCUT2D eigenvalue weighted by Gasteiger charge is 2.34. The summed E-state index contributed by atoms with van der Waals surface area (Å²) in [6.07, 6.45) is 0. The molecular weight excluding hydrogens is 507 g/mol. The summed E-state index contributed by atoms with van der Waals surface area (Å²) in [5.41, 5.74) is 1.03. The molecule has 0 bridgehead atoms. The number of hydrogen-bond donors (Lipinski definition) is 2. The number of carbonyl (C=O) groups excluding carboxylic acids is 3. The van der Waals surface area contributed by atoms with Crippen molar-refractivity contribution >= 4 is 28.7 Å². The molecule has 39 heavy (non-hydrogen) atoms. The lowest BCUT2D eigenvalue weighted by Gasteiger charge is -2.30. The number of amides is 2. The van der Waals surface area contributed by atoms with E-state index < -0.39 is 29.2 Å². The molecule has 2 heterocycles. The van der Waals surface area contributed by atoms with Crippen molar-refractivity contribution in [3.63, 3.8) is 0 Å². The second kappa shape index (κ2) is 11.4. The minimum atomic E-state index is -0.942. The van der Waals surface area contributed by atoms with Gasteiger partial charge in [-0.25, -0.2) is 9.18 Å². The molecule has 2 aromatic carbocycles. The van der Waals surface area contributed by atoms with Crippen molar-refractivity contribution < 1.29 is 28.0 Å². The molecule has 0 aliphatic carbocycles. The van der Waals surface area contributed by atoms with E-state index in [9.17, 15) is 18.8 Å². The third-order valence-corrected chi connectivity index (χ3v) is 5.86. The first-order valence-corrected chi connectivity index (χ1v) is 12.3. The molecule has 0 saturated heterocycles. The van der Waals surface area contributed by atoms with Crippen LogP contribution < -0.4 is 10.6 Å². The number of nitrogens with one attached hydrogen (secondary N) is 2. The number of rotatable bonds is 9. The van der Waals surface area contributed by atoms with Crippen LogP contribution in [0.15, 0.2) is 53.1 Å². The van der Waals surface area contributed by atoms with E-state index in [0.717, 1.165) is 11.1 Å². The first-order chi connectivity index (χ1) is 18.6. The summed E-state index contributed by atoms with van der Waals surface area (Å²) in [6.45, 7) is 7.45. The smallest absolute Gasteiger partial charge is 0.397 e. The zero-order valence-electron chi connectivity index (χ0n) is 22.0. The van der Waals surface area contributed by atoms with Gasteiger partial charge in [0.2, 0.25) is 5.91 Å². The molecule has 1 atom stereocenters. The molecule has 204 valence electrons. The van der Waals surface area contributed by atoms with E-state index in [4.69, 9.17) is 9.26 Å². The monoisotopic (exact) mass is 536 g/mol. The van der Waals surface area contributed by atoms with E-state index in [1.807, 2.05) is 32.9 Å². The Hall–Kier alpha value is -4.61. The van der Waals surface area contributed by atoms with Gasteiger partial charge in [0.1, 0.15) is 11.9 Å². The van der Waals surface area contributed by atoms with Crippen LogP contribution in [0.2, 0.25) is 0 Å². The highest BCUT2D eigenvalue weighted by atomic mass is 19.1. The summed E-state index contributed by atoms with van der Waals surface area (Å²) in [6, 6.07) is 12.4. The lowest BCUT2D eigenvalue weighted by Crippen LogP contribution is -2.53. The third kappa shape index (κ3) is 6.46. The zero-order chi connectivity index (χ0) is 28.2. The number of halogens is 1. The summed E-state index contributed by atoms with van der Waals surface area (Å²) in [4.78, 5) is 42.2. The van der Waals surface area contributed by atoms with Crippen molar-refractivity contribution in [3.8, 4) is 0 Å². The lowest BCUT2D eigenvalue weighted by molar-refractivity contribution is -0.125. The molecule has 4 rings (SSSR count). The van der Waals surface area contributed by atoms with Gasteiger partial charge in [0.15, 0.2) is 11.5 Å². The molecule has 0 saturated carbocycles. The molecule has 2 amide bonds. The fourth-order valence-corrected chi connectivity index (χ4v) is 3.92. The number of aromatic nitrogens is 4. The Kier molecular flexibility index (Phi) is 8.03. The molecule has 0 aliphatic heterocycles. The third-order valence-electron chi connectivity index (χ3n) is 5.86. The lowest BCUT2D eigenvalue weighted by atomic mass is 9.86. The topological polar surface area (TPSA) is 141 Å². The summed E-state index contributed by atoms with van der Waals surface area (Å²) in [5.74, 6) is -2.33. The fraction of sp³-hybridized carbons (Fsp3) is 0.333. The van der Waals surface area contributed by atoms with Crippen molar-refractivity contribution in [1.82, 2.24) is 30.6 Å². The Bertz CT molecular complexity index is 1490. The average Bonchev–Trinajstić information content (AvgIpc) is 3.52. The van der Waals surface area contributed by atoms with Crippen molar-refractivity contribution in [2.24, 2.45) is 5.41 Å². The Labute approximate surface area is 223 Å². The van der Waals surface area contributed by atoms with Crippen molar-refractivity contribution in [2.75, 3.05) is 6.61 Å². The number of para-hydroxylation sites is 1. The minimum Gasteiger partial charge on any atom is -0.459 e. The number of hydrogen-bond acceptors (Lipinski definition) is 8. The summed E-state index contributed by atoms with van der Waals surface area (Å²) >= 11 is 0. The maximum Gasteiger partial charge on any atom is 0.397 e. The molecule has 11 nitrogen and oxygen atoms in total. The van der Waals surface area contributed by atoms with Gasteiger partial charge in [0, 0.05) is 5.39 Å². The molecule has 4 aromatic rings. The maximum atomic E-state index is 13.4. The van der Waals surface area contributed by atoms with Crippen LogP contribution in [-0.4, -0.2) is 50.4 Å². The molecule has 0 spiro atoms. The number of nitrogens with zero attached hydrogens (tertiary/aromatic N) is 4. The van der Waals surface area contributed by atoms with Gasteiger partial charge >= 0.3 is 11.9 Å². The summed E-state index contributed by atoms with van der Waals surface area (Å²) in [5, 5.41) is 14.3. The van der Waals surface area contributed by atoms with E-state index >= 15 is 0 Å². The average molecular weight is 537 g/mol. The van der Waals surface area contributed by atoms with Crippen molar-refractivity contribution in [2.45, 2.75) is 46.8 Å². The molecule has 0 aliphatic rings. The first-order valence-electron chi connectivity index (χ1n) is 12.3. The van der Waals surface area contributed by atoms with Gasteiger partial charge in [-0.1, -0.05) is 56.3 Å². The van der Waals surface area contributed by atoms with Gasteiger partial charge in [-0.3, -0.25) is 14.3 Å². The number of esters is 1. The first kappa shape index (κ1) is 27.4. The van der Waals surface area contributed by atoms with E-state index in [1.165, 1.54) is 12.1 Å². The van der Waals surface area contributed by atoms with Crippen molar-refractivity contribution in [3.05, 3.63) is 77.3 Å². The predicted molar refractivity (Wildman–Crippen MR) is 138 cm³/mol. The molecule has 0 fully saturated rings. The molecule has 0 radical (unpaired) electrons. The molecule has 1 unspecified atom stereocenters. The number of fused-ring (bicyclic) bond motifs is 1. The highest BCUT2D eigenvalue weighted by molar-refractivity contribution is 6.06. The normalized spacial score (nSPS) is 12.2. The van der Waals surface area contributed by atoms with Gasteiger partial charge in [-0.15, -0.1) is 0 Å². The minimum absolute atomic E-state index is 0.0796. The van der Waals surface area contributed by atoms with Crippen LogP contribution in [0.3, 0.4) is 0 Å². The van der Waals surface area contributed by atoms with E-state index in [0.29, 0.717) is 11.9 Å². The molecule has 12 heteroatoms. The van der Waals surface area contributed by atoms with Gasteiger partial charge in [-0.05, 0) is 36.1 Å². The molecule has 2 aromatic heterocycles. The maximum absolute atomic E-state index is 13.4. The Morgan fingerprint density at radius 1 is 1.10 bits per heavy atom. The van der Waals surface area contributed by atoms with Crippen LogP contribution in [0.25, 0.3) is 10.9 Å². The Morgan fingerprint density at radius 3 is 2.51 bits per heavy atom. The standard InChI is InChI=1S/C27H29FN6O5/c1-5-38-26(37)25-30-20(33-39-25)14-29-24(36)22(27(2,3)4)31-23(35)21-18-8-6-7-9-19(18)34(32-21)15-16-10-12-17(28)13-11-16/h6-13,22H,5,14-15H2,1-4H3,(H,29,36)(H,31,35). The van der Waals surface area contributed by atoms with Gasteiger partial charge in [0.25, 0.3) is 5.91 Å². The quantitative estimate of drug-likeness (QED) is 0.311. The Balaban J connectivity index is 1.51. The molecule has 2 N–H and O–H groups in total. The summed E-state index contributed by atoms with van der Waals surface area (Å²) < 4.78 is 24.7. The van der Waals surface area contributed by atoms with Gasteiger partial charge < -0.3 is 19.9 Å². The number of ether oxygens (including phenoxy) is 1. The Morgan fingerprint density at radius 2 is 1.82 bits per heavy atom. The summed E-state index contributed by atoms with van der Waals surface area (Å²) in [7, 11) is 0. The zero-order valence-corrected chi connectivity index (χ0v) is 22.0. The van der Waals surface area contributed by atoms with Crippen LogP contribution in [0, 0.1) is 11.2 Å². The van der Waals surface area contributed by atoms with Crippen LogP contribution in [-0.2, 0) is 22.6 Å². The largest absolute Gasteiger partial charge is 0.459 e. The van der Waals surface area contributed by atoms with Crippen LogP contribution in [0.1, 0.15) is 60.3 Å². The van der Waals surface area contributed by atoms with Crippen LogP contribution in [0.4, 0.5) is 4.39 Å². The molecular formula is C27H29FN6O5. The van der Waals surface area contributed by atoms with Gasteiger partial charge in [0.05, 0.1) is 25.2 Å². The number of carbonyl (C=O) groups is 3. The van der Waals surface area contributed by atoms with Crippen LogP contribution >= 0.6 is 0 Å².